The van der Waals surface area contributed by atoms with Gasteiger partial charge in [-0.2, -0.15) is 0 Å². The van der Waals surface area contributed by atoms with E-state index in [1.54, 1.807) is 4.90 Å². The van der Waals surface area contributed by atoms with Gasteiger partial charge in [0.25, 0.3) is 5.91 Å². The first-order valence-corrected chi connectivity index (χ1v) is 12.0. The largest absolute Gasteiger partial charge is 0.354 e. The lowest BCUT2D eigenvalue weighted by Gasteiger charge is -2.26. The zero-order valence-electron chi connectivity index (χ0n) is 19.9. The number of benzene rings is 4. The van der Waals surface area contributed by atoms with Crippen molar-refractivity contribution < 1.29 is 9.59 Å². The molecule has 4 aromatic carbocycles. The first kappa shape index (κ1) is 21.9. The highest BCUT2D eigenvalue weighted by atomic mass is 16.2. The van der Waals surface area contributed by atoms with Gasteiger partial charge in [0.15, 0.2) is 0 Å². The summed E-state index contributed by atoms with van der Waals surface area (Å²) in [5.41, 5.74) is 7.35. The van der Waals surface area contributed by atoms with Gasteiger partial charge in [-0.1, -0.05) is 84.4 Å². The number of aromatic amines is 1. The Kier molecular flexibility index (Phi) is 5.38. The number of carbonyl (C=O) groups is 2. The van der Waals surface area contributed by atoms with Crippen LogP contribution >= 0.6 is 0 Å². The first-order valence-electron chi connectivity index (χ1n) is 12.0. The second-order valence-corrected chi connectivity index (χ2v) is 9.16. The molecule has 176 valence electrons. The average molecular weight is 472 g/mol. The summed E-state index contributed by atoms with van der Waals surface area (Å²) in [7, 11) is 0. The number of anilines is 1. The molecular weight excluding hydrogens is 446 g/mol. The standard InChI is InChI=1S/C31H25N3O2/c1-20-15-17-22(18-16-20)32-27(35)19-34-30(23-11-5-6-12-24(23)31(34)36)28-25-13-7-8-14-26(25)33-29(28)21-9-3-2-4-10-21/h2-18,30,33H,19H2,1H3,(H,32,35). The van der Waals surface area contributed by atoms with E-state index in [9.17, 15) is 9.59 Å². The van der Waals surface area contributed by atoms with Crippen molar-refractivity contribution in [2.45, 2.75) is 13.0 Å². The number of H-pyrrole nitrogens is 1. The molecule has 0 bridgehead atoms. The van der Waals surface area contributed by atoms with Crippen LogP contribution in [0.15, 0.2) is 103 Å². The van der Waals surface area contributed by atoms with E-state index in [-0.39, 0.29) is 18.4 Å². The van der Waals surface area contributed by atoms with Gasteiger partial charge >= 0.3 is 0 Å². The van der Waals surface area contributed by atoms with Gasteiger partial charge in [-0.15, -0.1) is 0 Å². The van der Waals surface area contributed by atoms with E-state index < -0.39 is 6.04 Å². The Morgan fingerprint density at radius 1 is 0.861 bits per heavy atom. The molecule has 0 radical (unpaired) electrons. The fraction of sp³-hybridized carbons (Fsp3) is 0.0968. The summed E-state index contributed by atoms with van der Waals surface area (Å²) in [4.78, 5) is 32.1. The fourth-order valence-electron chi connectivity index (χ4n) is 5.12. The zero-order valence-corrected chi connectivity index (χ0v) is 19.9. The lowest BCUT2D eigenvalue weighted by atomic mass is 9.93. The predicted molar refractivity (Wildman–Crippen MR) is 143 cm³/mol. The predicted octanol–water partition coefficient (Wildman–Crippen LogP) is 6.33. The number of aryl methyl sites for hydroxylation is 1. The third-order valence-corrected chi connectivity index (χ3v) is 6.79. The van der Waals surface area contributed by atoms with Gasteiger partial charge in [0, 0.05) is 27.7 Å². The molecule has 1 atom stereocenters. The smallest absolute Gasteiger partial charge is 0.255 e. The number of rotatable bonds is 5. The van der Waals surface area contributed by atoms with Crippen molar-refractivity contribution in [3.63, 3.8) is 0 Å². The number of aromatic nitrogens is 1. The van der Waals surface area contributed by atoms with Crippen LogP contribution in [0.1, 0.15) is 33.1 Å². The normalized spacial score (nSPS) is 14.8. The highest BCUT2D eigenvalue weighted by molar-refractivity contribution is 6.05. The van der Waals surface area contributed by atoms with Gasteiger partial charge < -0.3 is 15.2 Å². The third-order valence-electron chi connectivity index (χ3n) is 6.79. The van der Waals surface area contributed by atoms with Crippen LogP contribution in [0.4, 0.5) is 5.69 Å². The maximum absolute atomic E-state index is 13.7. The van der Waals surface area contributed by atoms with Gasteiger partial charge in [-0.25, -0.2) is 0 Å². The maximum atomic E-state index is 13.7. The van der Waals surface area contributed by atoms with E-state index >= 15 is 0 Å². The summed E-state index contributed by atoms with van der Waals surface area (Å²) in [5, 5.41) is 3.99. The van der Waals surface area contributed by atoms with Crippen LogP contribution in [0.3, 0.4) is 0 Å². The SMILES string of the molecule is Cc1ccc(NC(=O)CN2C(=O)c3ccccc3C2c2c(-c3ccccc3)[nH]c3ccccc23)cc1. The van der Waals surface area contributed by atoms with Crippen molar-refractivity contribution in [1.82, 2.24) is 9.88 Å². The van der Waals surface area contributed by atoms with Gasteiger partial charge in [-0.3, -0.25) is 9.59 Å². The first-order chi connectivity index (χ1) is 17.6. The zero-order chi connectivity index (χ0) is 24.6. The van der Waals surface area contributed by atoms with Crippen LogP contribution in [-0.4, -0.2) is 28.2 Å². The summed E-state index contributed by atoms with van der Waals surface area (Å²) in [6.07, 6.45) is 0. The second-order valence-electron chi connectivity index (χ2n) is 9.16. The molecule has 5 aromatic rings. The molecule has 1 unspecified atom stereocenters. The van der Waals surface area contributed by atoms with E-state index in [1.807, 2.05) is 91.9 Å². The second kappa shape index (κ2) is 8.86. The molecule has 6 rings (SSSR count). The van der Waals surface area contributed by atoms with Crippen molar-refractivity contribution in [2.75, 3.05) is 11.9 Å². The monoisotopic (exact) mass is 471 g/mol. The van der Waals surface area contributed by atoms with Crippen molar-refractivity contribution in [1.29, 1.82) is 0 Å². The van der Waals surface area contributed by atoms with Crippen LogP contribution in [0.2, 0.25) is 0 Å². The van der Waals surface area contributed by atoms with Crippen LogP contribution in [0.5, 0.6) is 0 Å². The Hall–Kier alpha value is -4.64. The van der Waals surface area contributed by atoms with E-state index in [4.69, 9.17) is 0 Å². The molecule has 5 nitrogen and oxygen atoms in total. The molecule has 1 aliphatic rings. The number of fused-ring (bicyclic) bond motifs is 2. The number of hydrogen-bond acceptors (Lipinski definition) is 2. The van der Waals surface area contributed by atoms with E-state index in [2.05, 4.69) is 28.5 Å². The fourth-order valence-corrected chi connectivity index (χ4v) is 5.12. The number of nitrogens with one attached hydrogen (secondary N) is 2. The summed E-state index contributed by atoms with van der Waals surface area (Å²) in [5.74, 6) is -0.370. The topological polar surface area (TPSA) is 65.2 Å². The molecule has 0 saturated carbocycles. The molecule has 1 aromatic heterocycles. The lowest BCUT2D eigenvalue weighted by Crippen LogP contribution is -2.36. The van der Waals surface area contributed by atoms with Gasteiger partial charge in [0.1, 0.15) is 6.54 Å². The van der Waals surface area contributed by atoms with Crippen LogP contribution in [-0.2, 0) is 4.79 Å². The molecule has 2 N–H and O–H groups in total. The quantitative estimate of drug-likeness (QED) is 0.315. The summed E-state index contributed by atoms with van der Waals surface area (Å²) in [6.45, 7) is 1.95. The minimum absolute atomic E-state index is 0.0558. The number of hydrogen-bond donors (Lipinski definition) is 2. The molecule has 0 aliphatic carbocycles. The summed E-state index contributed by atoms with van der Waals surface area (Å²) < 4.78 is 0. The third kappa shape index (κ3) is 3.75. The minimum Gasteiger partial charge on any atom is -0.354 e. The Bertz CT molecular complexity index is 1590. The van der Waals surface area contributed by atoms with Gasteiger partial charge in [-0.05, 0) is 42.3 Å². The summed E-state index contributed by atoms with van der Waals surface area (Å²) >= 11 is 0. The summed E-state index contributed by atoms with van der Waals surface area (Å²) in [6, 6.07) is 33.2. The van der Waals surface area contributed by atoms with Gasteiger partial charge in [0.05, 0.1) is 11.7 Å². The molecule has 2 amide bonds. The van der Waals surface area contributed by atoms with Crippen molar-refractivity contribution in [3.8, 4) is 11.3 Å². The lowest BCUT2D eigenvalue weighted by molar-refractivity contribution is -0.117. The highest BCUT2D eigenvalue weighted by Gasteiger charge is 2.40. The molecule has 2 heterocycles. The maximum Gasteiger partial charge on any atom is 0.255 e. The molecule has 0 saturated heterocycles. The molecule has 1 aliphatic heterocycles. The molecule has 0 spiro atoms. The van der Waals surface area contributed by atoms with Crippen LogP contribution in [0.25, 0.3) is 22.2 Å². The van der Waals surface area contributed by atoms with Gasteiger partial charge in [0.2, 0.25) is 5.91 Å². The molecule has 5 heteroatoms. The van der Waals surface area contributed by atoms with Crippen LogP contribution < -0.4 is 5.32 Å². The molecular formula is C31H25N3O2. The van der Waals surface area contributed by atoms with E-state index in [1.165, 1.54) is 0 Å². The van der Waals surface area contributed by atoms with E-state index in [0.717, 1.165) is 38.9 Å². The van der Waals surface area contributed by atoms with E-state index in [0.29, 0.717) is 11.3 Å². The van der Waals surface area contributed by atoms with Crippen molar-refractivity contribution in [2.24, 2.45) is 0 Å². The highest BCUT2D eigenvalue weighted by Crippen LogP contribution is 2.45. The number of para-hydroxylation sites is 1. The minimum atomic E-state index is -0.399. The molecule has 0 fully saturated rings. The Morgan fingerprint density at radius 3 is 2.36 bits per heavy atom. The Labute approximate surface area is 209 Å². The molecule has 36 heavy (non-hydrogen) atoms. The number of carbonyl (C=O) groups excluding carboxylic acids is 2. The Morgan fingerprint density at radius 2 is 1.56 bits per heavy atom. The Balaban J connectivity index is 1.47. The average Bonchev–Trinajstić information content (AvgIpc) is 3.41. The van der Waals surface area contributed by atoms with Crippen LogP contribution in [0, 0.1) is 6.92 Å². The van der Waals surface area contributed by atoms with Crippen molar-refractivity contribution >= 4 is 28.4 Å². The number of nitrogens with zero attached hydrogens (tertiary/aromatic N) is 1. The number of amides is 2. The van der Waals surface area contributed by atoms with Crippen molar-refractivity contribution in [3.05, 3.63) is 125 Å².